The number of carbonyl (C=O) groups is 1. The van der Waals surface area contributed by atoms with Gasteiger partial charge in [-0.25, -0.2) is 0 Å². The average molecular weight is 251 g/mol. The lowest BCUT2D eigenvalue weighted by Crippen LogP contribution is -2.42. The van der Waals surface area contributed by atoms with Crippen LogP contribution in [0.5, 0.6) is 0 Å². The zero-order valence-corrected chi connectivity index (χ0v) is 11.1. The van der Waals surface area contributed by atoms with Gasteiger partial charge in [0.25, 0.3) is 0 Å². The number of ketones is 1. The summed E-state index contributed by atoms with van der Waals surface area (Å²) in [7, 11) is 0. The van der Waals surface area contributed by atoms with Crippen LogP contribution in [0.25, 0.3) is 0 Å². The van der Waals surface area contributed by atoms with E-state index in [-0.39, 0.29) is 11.8 Å². The van der Waals surface area contributed by atoms with E-state index in [0.29, 0.717) is 25.5 Å². The third-order valence-corrected chi connectivity index (χ3v) is 3.04. The fraction of sp³-hybridized carbons (Fsp3) is 0.692. The molecule has 5 nitrogen and oxygen atoms in total. The summed E-state index contributed by atoms with van der Waals surface area (Å²) in [6.07, 6.45) is 2.86. The van der Waals surface area contributed by atoms with Gasteiger partial charge in [-0.05, 0) is 19.9 Å². The maximum absolute atomic E-state index is 11.9. The predicted octanol–water partition coefficient (Wildman–Crippen LogP) is 0.954. The van der Waals surface area contributed by atoms with E-state index >= 15 is 0 Å². The van der Waals surface area contributed by atoms with Crippen LogP contribution in [0.3, 0.4) is 0 Å². The minimum atomic E-state index is 0.165. The molecule has 0 saturated carbocycles. The second-order valence-electron chi connectivity index (χ2n) is 5.03. The summed E-state index contributed by atoms with van der Waals surface area (Å²) in [5.41, 5.74) is 0.852. The Kier molecular flexibility index (Phi) is 4.49. The molecule has 100 valence electrons. The van der Waals surface area contributed by atoms with E-state index in [2.05, 4.69) is 24.3 Å². The summed E-state index contributed by atoms with van der Waals surface area (Å²) >= 11 is 0. The molecule has 1 aromatic heterocycles. The second-order valence-corrected chi connectivity index (χ2v) is 5.03. The van der Waals surface area contributed by atoms with Crippen molar-refractivity contribution in [2.24, 2.45) is 0 Å². The molecular weight excluding hydrogens is 230 g/mol. The fourth-order valence-corrected chi connectivity index (χ4v) is 2.06. The first-order valence-corrected chi connectivity index (χ1v) is 6.52. The van der Waals surface area contributed by atoms with Gasteiger partial charge in [0.15, 0.2) is 0 Å². The van der Waals surface area contributed by atoms with Crippen molar-refractivity contribution in [2.45, 2.75) is 38.8 Å². The van der Waals surface area contributed by atoms with E-state index in [1.165, 1.54) is 0 Å². The first kappa shape index (κ1) is 13.2. The van der Waals surface area contributed by atoms with Crippen molar-refractivity contribution in [2.75, 3.05) is 19.8 Å². The number of hydrogen-bond donors (Lipinski definition) is 1. The van der Waals surface area contributed by atoms with E-state index < -0.39 is 0 Å². The maximum Gasteiger partial charge on any atom is 0.140 e. The largest absolute Gasteiger partial charge is 0.379 e. The molecule has 2 rings (SSSR count). The smallest absolute Gasteiger partial charge is 0.140 e. The lowest BCUT2D eigenvalue weighted by molar-refractivity contribution is -0.119. The molecule has 1 atom stereocenters. The minimum Gasteiger partial charge on any atom is -0.379 e. The van der Waals surface area contributed by atoms with Crippen LogP contribution in [-0.4, -0.2) is 41.4 Å². The third kappa shape index (κ3) is 3.65. The molecule has 2 heterocycles. The Morgan fingerprint density at radius 2 is 2.50 bits per heavy atom. The third-order valence-electron chi connectivity index (χ3n) is 3.04. The lowest BCUT2D eigenvalue weighted by Gasteiger charge is -2.22. The highest BCUT2D eigenvalue weighted by Crippen LogP contribution is 2.07. The van der Waals surface area contributed by atoms with Gasteiger partial charge in [0.05, 0.1) is 25.3 Å². The Labute approximate surface area is 108 Å². The number of Topliss-reactive ketones (excluding diaryl/α,β-unsaturated/α-hetero) is 1. The molecule has 0 bridgehead atoms. The number of ether oxygens (including phenoxy) is 1. The van der Waals surface area contributed by atoms with E-state index in [1.54, 1.807) is 0 Å². The highest BCUT2D eigenvalue weighted by Gasteiger charge is 2.17. The van der Waals surface area contributed by atoms with Gasteiger partial charge in [-0.2, -0.15) is 5.10 Å². The molecule has 1 N–H and O–H groups in total. The number of nitrogens with one attached hydrogen (secondary N) is 1. The molecular formula is C13H21N3O2. The number of nitrogens with zero attached hydrogens (tertiary/aromatic N) is 2. The highest BCUT2D eigenvalue weighted by atomic mass is 16.5. The molecule has 1 fully saturated rings. The molecule has 5 heteroatoms. The Morgan fingerprint density at radius 1 is 1.67 bits per heavy atom. The molecule has 1 aliphatic rings. The van der Waals surface area contributed by atoms with Crippen LogP contribution in [-0.2, 0) is 16.0 Å². The van der Waals surface area contributed by atoms with Crippen LogP contribution in [0.1, 0.15) is 32.0 Å². The van der Waals surface area contributed by atoms with Crippen molar-refractivity contribution in [3.8, 4) is 0 Å². The molecule has 0 aliphatic carbocycles. The zero-order valence-electron chi connectivity index (χ0n) is 11.1. The van der Waals surface area contributed by atoms with Gasteiger partial charge in [-0.1, -0.05) is 0 Å². The topological polar surface area (TPSA) is 56.1 Å². The Balaban J connectivity index is 1.82. The number of rotatable bonds is 5. The predicted molar refractivity (Wildman–Crippen MR) is 68.5 cm³/mol. The molecule has 1 aromatic rings. The van der Waals surface area contributed by atoms with Crippen LogP contribution in [0.4, 0.5) is 0 Å². The number of carbonyl (C=O) groups excluding carboxylic acids is 1. The van der Waals surface area contributed by atoms with Gasteiger partial charge >= 0.3 is 0 Å². The second kappa shape index (κ2) is 6.11. The van der Waals surface area contributed by atoms with Gasteiger partial charge in [-0.15, -0.1) is 0 Å². The van der Waals surface area contributed by atoms with Crippen molar-refractivity contribution in [3.05, 3.63) is 18.0 Å². The number of aromatic nitrogens is 2. The van der Waals surface area contributed by atoms with Crippen LogP contribution in [0.15, 0.2) is 12.3 Å². The van der Waals surface area contributed by atoms with E-state index in [4.69, 9.17) is 4.74 Å². The van der Waals surface area contributed by atoms with Crippen molar-refractivity contribution >= 4 is 5.78 Å². The van der Waals surface area contributed by atoms with Crippen molar-refractivity contribution in [1.82, 2.24) is 15.1 Å². The molecule has 0 amide bonds. The molecule has 0 spiro atoms. The van der Waals surface area contributed by atoms with Gasteiger partial charge in [0.2, 0.25) is 0 Å². The van der Waals surface area contributed by atoms with Gasteiger partial charge in [-0.3, -0.25) is 9.48 Å². The van der Waals surface area contributed by atoms with Crippen LogP contribution < -0.4 is 5.32 Å². The van der Waals surface area contributed by atoms with Crippen LogP contribution in [0, 0.1) is 0 Å². The lowest BCUT2D eigenvalue weighted by atomic mass is 10.1. The molecule has 1 unspecified atom stereocenters. The molecule has 1 saturated heterocycles. The zero-order chi connectivity index (χ0) is 13.0. The Morgan fingerprint density at radius 3 is 3.11 bits per heavy atom. The quantitative estimate of drug-likeness (QED) is 0.846. The first-order chi connectivity index (χ1) is 8.65. The van der Waals surface area contributed by atoms with Crippen molar-refractivity contribution in [3.63, 3.8) is 0 Å². The molecule has 18 heavy (non-hydrogen) atoms. The summed E-state index contributed by atoms with van der Waals surface area (Å²) in [6.45, 7) is 6.35. The van der Waals surface area contributed by atoms with E-state index in [1.807, 2.05) is 16.9 Å². The minimum absolute atomic E-state index is 0.165. The summed E-state index contributed by atoms with van der Waals surface area (Å²) in [4.78, 5) is 11.9. The van der Waals surface area contributed by atoms with E-state index in [9.17, 15) is 4.79 Å². The van der Waals surface area contributed by atoms with Crippen LogP contribution in [0.2, 0.25) is 0 Å². The SMILES string of the molecule is CC(C)n1ccc(CC(=O)CC2COCCN2)n1. The summed E-state index contributed by atoms with van der Waals surface area (Å²) in [5, 5.41) is 7.67. The van der Waals surface area contributed by atoms with Crippen LogP contribution >= 0.6 is 0 Å². The van der Waals surface area contributed by atoms with Crippen molar-refractivity contribution < 1.29 is 9.53 Å². The van der Waals surface area contributed by atoms with Gasteiger partial charge in [0, 0.05) is 31.2 Å². The Bertz CT molecular complexity index is 395. The first-order valence-electron chi connectivity index (χ1n) is 6.52. The Hall–Kier alpha value is -1.20. The fourth-order valence-electron chi connectivity index (χ4n) is 2.06. The average Bonchev–Trinajstić information content (AvgIpc) is 2.78. The summed E-state index contributed by atoms with van der Waals surface area (Å²) < 4.78 is 7.21. The van der Waals surface area contributed by atoms with Gasteiger partial charge in [0.1, 0.15) is 5.78 Å². The highest BCUT2D eigenvalue weighted by molar-refractivity contribution is 5.81. The maximum atomic E-state index is 11.9. The standard InChI is InChI=1S/C13H21N3O2/c1-10(2)16-5-3-11(15-16)7-13(17)8-12-9-18-6-4-14-12/h3,5,10,12,14H,4,6-9H2,1-2H3. The van der Waals surface area contributed by atoms with E-state index in [0.717, 1.165) is 18.8 Å². The van der Waals surface area contributed by atoms with Gasteiger partial charge < -0.3 is 10.1 Å². The summed E-state index contributed by atoms with van der Waals surface area (Å²) in [5.74, 6) is 0.215. The molecule has 0 radical (unpaired) electrons. The molecule has 0 aromatic carbocycles. The number of hydrogen-bond acceptors (Lipinski definition) is 4. The molecule has 1 aliphatic heterocycles. The van der Waals surface area contributed by atoms with Crippen molar-refractivity contribution in [1.29, 1.82) is 0 Å². The number of morpholine rings is 1. The normalized spacial score (nSPS) is 20.3. The summed E-state index contributed by atoms with van der Waals surface area (Å²) in [6, 6.07) is 2.42. The monoisotopic (exact) mass is 251 g/mol.